The maximum Gasteiger partial charge on any atom is 0.513 e. The Morgan fingerprint density at radius 3 is 2.18 bits per heavy atom. The van der Waals surface area contributed by atoms with Crippen LogP contribution < -0.4 is 5.32 Å². The fraction of sp³-hybridized carbons (Fsp3) is 0.333. The first-order valence-corrected chi connectivity index (χ1v) is 11.8. The summed E-state index contributed by atoms with van der Waals surface area (Å²) in [4.78, 5) is 36.1. The lowest BCUT2D eigenvalue weighted by atomic mass is 9.90. The Hall–Kier alpha value is -4.38. The van der Waals surface area contributed by atoms with Gasteiger partial charge in [-0.15, -0.1) is 0 Å². The van der Waals surface area contributed by atoms with E-state index in [1.54, 1.807) is 33.8 Å². The van der Waals surface area contributed by atoms with Crippen LogP contribution in [0.4, 0.5) is 15.3 Å². The monoisotopic (exact) mass is 526 g/mol. The van der Waals surface area contributed by atoms with Crippen molar-refractivity contribution in [1.29, 1.82) is 0 Å². The van der Waals surface area contributed by atoms with Crippen LogP contribution in [0.3, 0.4) is 0 Å². The van der Waals surface area contributed by atoms with E-state index in [0.29, 0.717) is 17.0 Å². The van der Waals surface area contributed by atoms with Crippen molar-refractivity contribution < 1.29 is 38.2 Å². The highest BCUT2D eigenvalue weighted by Gasteiger charge is 2.36. The number of allylic oxidation sites excluding steroid dienone is 2. The molecule has 2 aromatic carbocycles. The van der Waals surface area contributed by atoms with Crippen molar-refractivity contribution in [2.75, 3.05) is 13.7 Å². The largest absolute Gasteiger partial charge is 0.513 e. The van der Waals surface area contributed by atoms with E-state index in [2.05, 4.69) is 5.32 Å². The Kier molecular flexibility index (Phi) is 9.44. The molecule has 0 aromatic heterocycles. The van der Waals surface area contributed by atoms with Gasteiger partial charge in [-0.2, -0.15) is 0 Å². The molecule has 2 atom stereocenters. The maximum absolute atomic E-state index is 12.8. The minimum atomic E-state index is -1.03. The first-order chi connectivity index (χ1) is 18.1. The first-order valence-electron chi connectivity index (χ1n) is 11.8. The number of methoxy groups -OCH3 is 1. The van der Waals surface area contributed by atoms with Crippen molar-refractivity contribution in [2.45, 2.75) is 45.8 Å². The topological polar surface area (TPSA) is 135 Å². The summed E-state index contributed by atoms with van der Waals surface area (Å²) in [5, 5.41) is 14.5. The predicted octanol–water partition coefficient (Wildman–Crippen LogP) is 5.85. The van der Waals surface area contributed by atoms with Crippen LogP contribution in [-0.2, 0) is 23.7 Å². The van der Waals surface area contributed by atoms with Gasteiger partial charge in [-0.3, -0.25) is 10.1 Å². The van der Waals surface area contributed by atoms with Crippen molar-refractivity contribution >= 4 is 18.0 Å². The fourth-order valence-corrected chi connectivity index (χ4v) is 3.89. The van der Waals surface area contributed by atoms with Gasteiger partial charge in [0.05, 0.1) is 22.4 Å². The molecular formula is C27H30N2O9. The molecule has 2 aromatic rings. The third-order valence-electron chi connectivity index (χ3n) is 5.58. The molecule has 0 spiro atoms. The Morgan fingerprint density at radius 1 is 0.974 bits per heavy atom. The standard InChI is InChI=1S/C27H30N2O9/c1-16(2)36-27(31)38-25-18(4)28-17(3)24(23(25)20-12-9-13-21(14-20)29(32)33)37-26(30)35-15-22(34-5)19-10-7-6-8-11-19/h6-14,16,22-23,28H,15H2,1-5H3/t22-,23?/m0/s1. The zero-order valence-electron chi connectivity index (χ0n) is 21.8. The zero-order valence-corrected chi connectivity index (χ0v) is 21.8. The first kappa shape index (κ1) is 28.2. The normalized spacial score (nSPS) is 16.0. The van der Waals surface area contributed by atoms with Crippen LogP contribution in [0.25, 0.3) is 0 Å². The Balaban J connectivity index is 1.90. The maximum atomic E-state index is 12.8. The summed E-state index contributed by atoms with van der Waals surface area (Å²) in [7, 11) is 1.50. The summed E-state index contributed by atoms with van der Waals surface area (Å²) in [6, 6.07) is 15.0. The summed E-state index contributed by atoms with van der Waals surface area (Å²) in [6.45, 7) is 6.51. The fourth-order valence-electron chi connectivity index (χ4n) is 3.89. The average Bonchev–Trinajstić information content (AvgIpc) is 2.87. The van der Waals surface area contributed by atoms with Gasteiger partial charge in [0.15, 0.2) is 0 Å². The summed E-state index contributed by atoms with van der Waals surface area (Å²) in [5.74, 6) is -0.888. The van der Waals surface area contributed by atoms with E-state index in [4.69, 9.17) is 23.7 Å². The molecule has 0 saturated heterocycles. The van der Waals surface area contributed by atoms with Gasteiger partial charge >= 0.3 is 12.3 Å². The summed E-state index contributed by atoms with van der Waals surface area (Å²) in [5.41, 5.74) is 1.84. The van der Waals surface area contributed by atoms with E-state index in [9.17, 15) is 19.7 Å². The molecule has 0 amide bonds. The number of hydrogen-bond acceptors (Lipinski definition) is 10. The van der Waals surface area contributed by atoms with Crippen molar-refractivity contribution in [3.8, 4) is 0 Å². The van der Waals surface area contributed by atoms with Crippen molar-refractivity contribution in [3.05, 3.63) is 98.8 Å². The Morgan fingerprint density at radius 2 is 1.61 bits per heavy atom. The third kappa shape index (κ3) is 7.10. The van der Waals surface area contributed by atoms with Crippen LogP contribution in [0.2, 0.25) is 0 Å². The minimum absolute atomic E-state index is 0.0436. The van der Waals surface area contributed by atoms with E-state index in [1.165, 1.54) is 25.3 Å². The predicted molar refractivity (Wildman–Crippen MR) is 136 cm³/mol. The van der Waals surface area contributed by atoms with E-state index >= 15 is 0 Å². The van der Waals surface area contributed by atoms with Crippen molar-refractivity contribution in [1.82, 2.24) is 5.32 Å². The number of rotatable bonds is 9. The van der Waals surface area contributed by atoms with Crippen LogP contribution >= 0.6 is 0 Å². The van der Waals surface area contributed by atoms with Crippen molar-refractivity contribution in [2.24, 2.45) is 0 Å². The molecule has 0 fully saturated rings. The molecule has 0 radical (unpaired) electrons. The number of non-ortho nitro benzene ring substituents is 1. The molecule has 3 rings (SSSR count). The smallest absolute Gasteiger partial charge is 0.431 e. The lowest BCUT2D eigenvalue weighted by Crippen LogP contribution is -2.30. The molecule has 202 valence electrons. The molecule has 1 aliphatic heterocycles. The zero-order chi connectivity index (χ0) is 27.8. The number of nitrogens with one attached hydrogen (secondary N) is 1. The van der Waals surface area contributed by atoms with Crippen LogP contribution in [-0.4, -0.2) is 37.1 Å². The Labute approximate surface area is 220 Å². The SMILES string of the molecule is CO[C@@H](COC(=O)OC1=C(C)NC(C)=C(OC(=O)OC(C)C)C1c1cccc([N+](=O)[O-])c1)c1ccccc1. The van der Waals surface area contributed by atoms with Gasteiger partial charge in [0.1, 0.15) is 30.1 Å². The second kappa shape index (κ2) is 12.7. The van der Waals surface area contributed by atoms with E-state index in [1.807, 2.05) is 30.3 Å². The molecule has 38 heavy (non-hydrogen) atoms. The summed E-state index contributed by atoms with van der Waals surface area (Å²) >= 11 is 0. The number of benzene rings is 2. The molecule has 0 saturated carbocycles. The number of nitrogens with zero attached hydrogens (tertiary/aromatic N) is 1. The molecule has 1 unspecified atom stereocenters. The molecule has 0 aliphatic carbocycles. The highest BCUT2D eigenvalue weighted by Crippen LogP contribution is 2.40. The molecule has 1 aliphatic rings. The van der Waals surface area contributed by atoms with Crippen LogP contribution in [0.5, 0.6) is 0 Å². The summed E-state index contributed by atoms with van der Waals surface area (Å²) in [6.07, 6.45) is -2.97. The van der Waals surface area contributed by atoms with E-state index in [0.717, 1.165) is 5.56 Å². The number of dihydropyridines is 1. The number of carbonyl (C=O) groups excluding carboxylic acids is 2. The van der Waals surface area contributed by atoms with Gasteiger partial charge in [-0.1, -0.05) is 42.5 Å². The lowest BCUT2D eigenvalue weighted by molar-refractivity contribution is -0.384. The number of ether oxygens (including phenoxy) is 5. The highest BCUT2D eigenvalue weighted by atomic mass is 16.7. The van der Waals surface area contributed by atoms with Gasteiger partial charge in [0, 0.05) is 19.2 Å². The van der Waals surface area contributed by atoms with Gasteiger partial charge in [0.25, 0.3) is 5.69 Å². The highest BCUT2D eigenvalue weighted by molar-refractivity contribution is 5.65. The average molecular weight is 527 g/mol. The van der Waals surface area contributed by atoms with E-state index in [-0.39, 0.29) is 23.8 Å². The van der Waals surface area contributed by atoms with Gasteiger partial charge in [-0.25, -0.2) is 9.59 Å². The molecule has 1 heterocycles. The number of carbonyl (C=O) groups is 2. The molecule has 0 bridgehead atoms. The van der Waals surface area contributed by atoms with Crippen LogP contribution in [0.1, 0.15) is 50.8 Å². The minimum Gasteiger partial charge on any atom is -0.431 e. The number of hydrogen-bond donors (Lipinski definition) is 1. The number of nitro groups is 1. The van der Waals surface area contributed by atoms with Crippen molar-refractivity contribution in [3.63, 3.8) is 0 Å². The lowest BCUT2D eigenvalue weighted by Gasteiger charge is -2.30. The van der Waals surface area contributed by atoms with Crippen LogP contribution in [0, 0.1) is 10.1 Å². The quantitative estimate of drug-likeness (QED) is 0.241. The molecule has 11 nitrogen and oxygen atoms in total. The second-order valence-electron chi connectivity index (χ2n) is 8.71. The van der Waals surface area contributed by atoms with E-state index < -0.39 is 35.4 Å². The van der Waals surface area contributed by atoms with Gasteiger partial charge in [-0.05, 0) is 38.8 Å². The molecule has 11 heteroatoms. The molecular weight excluding hydrogens is 496 g/mol. The summed E-state index contributed by atoms with van der Waals surface area (Å²) < 4.78 is 27.0. The van der Waals surface area contributed by atoms with Gasteiger partial charge < -0.3 is 29.0 Å². The van der Waals surface area contributed by atoms with Crippen LogP contribution in [0.15, 0.2) is 77.5 Å². The Bertz CT molecular complexity index is 1240. The third-order valence-corrected chi connectivity index (χ3v) is 5.58. The number of nitro benzene ring substituents is 1. The molecule has 1 N–H and O–H groups in total. The second-order valence-corrected chi connectivity index (χ2v) is 8.71. The van der Waals surface area contributed by atoms with Gasteiger partial charge in [0.2, 0.25) is 0 Å².